The summed E-state index contributed by atoms with van der Waals surface area (Å²) in [4.78, 5) is 21.7. The Kier molecular flexibility index (Phi) is 2.24. The number of hydrogen-bond donors (Lipinski definition) is 2. The van der Waals surface area contributed by atoms with E-state index in [1.807, 2.05) is 0 Å². The summed E-state index contributed by atoms with van der Waals surface area (Å²) in [6, 6.07) is -1.15. The molecule has 1 heterocycles. The van der Waals surface area contributed by atoms with Gasteiger partial charge in [-0.15, -0.1) is 0 Å². The maximum Gasteiger partial charge on any atom is 0.327 e. The highest BCUT2D eigenvalue weighted by Crippen LogP contribution is 2.06. The van der Waals surface area contributed by atoms with Crippen LogP contribution >= 0.6 is 0 Å². The van der Waals surface area contributed by atoms with Crippen LogP contribution in [0.1, 0.15) is 11.7 Å². The Morgan fingerprint density at radius 3 is 2.46 bits per heavy atom. The summed E-state index contributed by atoms with van der Waals surface area (Å²) in [6.07, 6.45) is 1.42. The van der Waals surface area contributed by atoms with Crippen LogP contribution in [0.3, 0.4) is 0 Å². The predicted molar refractivity (Wildman–Crippen MR) is 45.2 cm³/mol. The number of hydrogen-bond acceptors (Lipinski definition) is 3. The molecule has 0 aliphatic carbocycles. The molecule has 0 saturated heterocycles. The fraction of sp³-hybridized carbons (Fsp3) is 0.429. The van der Waals surface area contributed by atoms with Crippen LogP contribution in [0.5, 0.6) is 0 Å². The number of nitrogens with zero attached hydrogens (tertiary/aromatic N) is 2. The monoisotopic (exact) mass is 185 g/mol. The summed E-state index contributed by atoms with van der Waals surface area (Å²) in [5.74, 6) is -1.15. The van der Waals surface area contributed by atoms with Crippen LogP contribution in [0, 0.1) is 0 Å². The maximum atomic E-state index is 11.2. The third-order valence-electron chi connectivity index (χ3n) is 1.89. The number of carboxylic acid groups (broad SMARTS) is 1. The summed E-state index contributed by atoms with van der Waals surface area (Å²) < 4.78 is 2.51. The molecule has 0 saturated carbocycles. The molecule has 1 atom stereocenters. The van der Waals surface area contributed by atoms with E-state index in [-0.39, 0.29) is 5.69 Å². The molecular weight excluding hydrogens is 174 g/mol. The van der Waals surface area contributed by atoms with Crippen LogP contribution in [0.2, 0.25) is 0 Å². The van der Waals surface area contributed by atoms with E-state index < -0.39 is 12.0 Å². The molecular formula is C7H11N3O3. The van der Waals surface area contributed by atoms with Gasteiger partial charge in [-0.05, 0) is 0 Å². The van der Waals surface area contributed by atoms with Gasteiger partial charge in [-0.25, -0.2) is 4.79 Å². The van der Waals surface area contributed by atoms with Crippen molar-refractivity contribution >= 4 is 5.97 Å². The fourth-order valence-electron chi connectivity index (χ4n) is 1.10. The van der Waals surface area contributed by atoms with Gasteiger partial charge in [0.1, 0.15) is 6.04 Å². The van der Waals surface area contributed by atoms with Gasteiger partial charge >= 0.3 is 11.7 Å². The molecule has 3 N–H and O–H groups in total. The van der Waals surface area contributed by atoms with Gasteiger partial charge in [-0.2, -0.15) is 0 Å². The van der Waals surface area contributed by atoms with E-state index in [4.69, 9.17) is 10.8 Å². The van der Waals surface area contributed by atoms with Crippen LogP contribution in [0.4, 0.5) is 0 Å². The van der Waals surface area contributed by atoms with Gasteiger partial charge < -0.3 is 15.4 Å². The summed E-state index contributed by atoms with van der Waals surface area (Å²) >= 11 is 0. The van der Waals surface area contributed by atoms with Crippen LogP contribution in [0.25, 0.3) is 0 Å². The number of aryl methyl sites for hydroxylation is 1. The Morgan fingerprint density at radius 1 is 1.62 bits per heavy atom. The highest BCUT2D eigenvalue weighted by atomic mass is 16.4. The minimum absolute atomic E-state index is 0.285. The molecule has 1 aromatic rings. The fourth-order valence-corrected chi connectivity index (χ4v) is 1.10. The lowest BCUT2D eigenvalue weighted by atomic mass is 10.2. The van der Waals surface area contributed by atoms with Crippen molar-refractivity contribution in [2.75, 3.05) is 0 Å². The molecule has 0 amide bonds. The zero-order valence-corrected chi connectivity index (χ0v) is 7.39. The quantitative estimate of drug-likeness (QED) is 0.606. The highest BCUT2D eigenvalue weighted by Gasteiger charge is 2.19. The van der Waals surface area contributed by atoms with E-state index >= 15 is 0 Å². The van der Waals surface area contributed by atoms with Gasteiger partial charge in [0.25, 0.3) is 0 Å². The first-order chi connectivity index (χ1) is 5.95. The van der Waals surface area contributed by atoms with Gasteiger partial charge in [0.15, 0.2) is 0 Å². The second-order valence-corrected chi connectivity index (χ2v) is 2.82. The van der Waals surface area contributed by atoms with Crippen LogP contribution < -0.4 is 11.4 Å². The van der Waals surface area contributed by atoms with Crippen LogP contribution in [0.15, 0.2) is 11.0 Å². The van der Waals surface area contributed by atoms with Crippen molar-refractivity contribution < 1.29 is 9.90 Å². The second kappa shape index (κ2) is 3.06. The third kappa shape index (κ3) is 1.48. The lowest BCUT2D eigenvalue weighted by Crippen LogP contribution is -2.26. The second-order valence-electron chi connectivity index (χ2n) is 2.82. The van der Waals surface area contributed by atoms with Crippen molar-refractivity contribution in [1.29, 1.82) is 0 Å². The van der Waals surface area contributed by atoms with Crippen molar-refractivity contribution in [3.8, 4) is 0 Å². The number of aromatic nitrogens is 2. The Morgan fingerprint density at radius 2 is 2.15 bits per heavy atom. The number of aliphatic carboxylic acids is 1. The summed E-state index contributed by atoms with van der Waals surface area (Å²) in [7, 11) is 3.03. The normalized spacial score (nSPS) is 12.8. The molecule has 1 aromatic heterocycles. The van der Waals surface area contributed by atoms with Crippen molar-refractivity contribution in [2.24, 2.45) is 19.8 Å². The molecule has 0 aliphatic rings. The standard InChI is InChI=1S/C7H11N3O3/c1-9-3-4(5(8)6(11)12)10(2)7(9)13/h3,5H,8H2,1-2H3,(H,11,12). The average molecular weight is 185 g/mol. The van der Waals surface area contributed by atoms with Gasteiger partial charge in [-0.1, -0.05) is 0 Å². The minimum atomic E-state index is -1.15. The summed E-state index contributed by atoms with van der Waals surface area (Å²) in [5.41, 5.74) is 5.35. The van der Waals surface area contributed by atoms with Crippen LogP contribution in [-0.2, 0) is 18.9 Å². The molecule has 13 heavy (non-hydrogen) atoms. The zero-order chi connectivity index (χ0) is 10.2. The average Bonchev–Trinajstić information content (AvgIpc) is 2.31. The Bertz CT molecular complexity index is 390. The van der Waals surface area contributed by atoms with E-state index in [1.54, 1.807) is 7.05 Å². The van der Waals surface area contributed by atoms with Gasteiger partial charge in [-0.3, -0.25) is 9.36 Å². The molecule has 1 unspecified atom stereocenters. The lowest BCUT2D eigenvalue weighted by Gasteiger charge is -2.04. The Hall–Kier alpha value is -1.56. The Balaban J connectivity index is 3.24. The molecule has 0 aromatic carbocycles. The van der Waals surface area contributed by atoms with Gasteiger partial charge in [0, 0.05) is 20.3 Å². The Labute approximate surface area is 74.2 Å². The first kappa shape index (κ1) is 9.53. The summed E-state index contributed by atoms with van der Waals surface area (Å²) in [6.45, 7) is 0. The largest absolute Gasteiger partial charge is 0.480 e. The smallest absolute Gasteiger partial charge is 0.327 e. The minimum Gasteiger partial charge on any atom is -0.480 e. The zero-order valence-electron chi connectivity index (χ0n) is 7.39. The molecule has 72 valence electrons. The van der Waals surface area contributed by atoms with E-state index in [2.05, 4.69) is 0 Å². The molecule has 6 nitrogen and oxygen atoms in total. The SMILES string of the molecule is Cn1cc(C(N)C(=O)O)n(C)c1=O. The number of rotatable bonds is 2. The van der Waals surface area contributed by atoms with E-state index in [1.165, 1.54) is 22.4 Å². The van der Waals surface area contributed by atoms with E-state index in [0.717, 1.165) is 0 Å². The number of imidazole rings is 1. The summed E-state index contributed by atoms with van der Waals surface area (Å²) in [5, 5.41) is 8.61. The highest BCUT2D eigenvalue weighted by molar-refractivity contribution is 5.74. The molecule has 0 fully saturated rings. The molecule has 0 bridgehead atoms. The maximum absolute atomic E-state index is 11.2. The molecule has 1 rings (SSSR count). The van der Waals surface area contributed by atoms with Gasteiger partial charge in [0.2, 0.25) is 0 Å². The molecule has 0 spiro atoms. The molecule has 0 radical (unpaired) electrons. The molecule has 0 aliphatic heterocycles. The lowest BCUT2D eigenvalue weighted by molar-refractivity contribution is -0.138. The third-order valence-corrected chi connectivity index (χ3v) is 1.89. The van der Waals surface area contributed by atoms with Crippen LogP contribution in [-0.4, -0.2) is 20.2 Å². The van der Waals surface area contributed by atoms with Crippen molar-refractivity contribution in [1.82, 2.24) is 9.13 Å². The number of nitrogens with two attached hydrogens (primary N) is 1. The predicted octanol–water partition coefficient (Wildman–Crippen LogP) is -1.19. The van der Waals surface area contributed by atoms with Crippen molar-refractivity contribution in [2.45, 2.75) is 6.04 Å². The first-order valence-corrected chi connectivity index (χ1v) is 3.65. The van der Waals surface area contributed by atoms with E-state index in [9.17, 15) is 9.59 Å². The number of carboxylic acids is 1. The number of carbonyl (C=O) groups is 1. The van der Waals surface area contributed by atoms with Crippen molar-refractivity contribution in [3.05, 3.63) is 22.4 Å². The molecule has 6 heteroatoms. The van der Waals surface area contributed by atoms with Gasteiger partial charge in [0.05, 0.1) is 5.69 Å². The van der Waals surface area contributed by atoms with E-state index in [0.29, 0.717) is 5.69 Å². The topological polar surface area (TPSA) is 90.2 Å². The first-order valence-electron chi connectivity index (χ1n) is 3.65. The van der Waals surface area contributed by atoms with Crippen molar-refractivity contribution in [3.63, 3.8) is 0 Å².